The monoisotopic (exact) mass is 484 g/mol. The van der Waals surface area contributed by atoms with E-state index in [4.69, 9.17) is 14.2 Å². The van der Waals surface area contributed by atoms with Crippen LogP contribution in [-0.4, -0.2) is 95.2 Å². The Kier molecular flexibility index (Phi) is 6.88. The molecular weight excluding hydrogens is 464 g/mol. The van der Waals surface area contributed by atoms with Gasteiger partial charge in [0.25, 0.3) is 0 Å². The van der Waals surface area contributed by atoms with E-state index in [0.29, 0.717) is 0 Å². The van der Waals surface area contributed by atoms with Gasteiger partial charge in [0, 0.05) is 0 Å². The van der Waals surface area contributed by atoms with Crippen LogP contribution in [-0.2, 0) is 14.2 Å². The molecule has 1 aliphatic heterocycles. The van der Waals surface area contributed by atoms with E-state index in [9.17, 15) is 55.5 Å². The Morgan fingerprint density at radius 3 is 1.62 bits per heavy atom. The van der Waals surface area contributed by atoms with Gasteiger partial charge in [-0.2, -0.15) is 0 Å². The van der Waals surface area contributed by atoms with Gasteiger partial charge in [0.1, 0.15) is 31.0 Å². The highest BCUT2D eigenvalue weighted by Gasteiger charge is 2.46. The minimum atomic E-state index is -1.95. The molecule has 2 aromatic rings. The van der Waals surface area contributed by atoms with Gasteiger partial charge in [-0.1, -0.05) is 0 Å². The van der Waals surface area contributed by atoms with Crippen molar-refractivity contribution in [1.29, 1.82) is 0 Å². The predicted octanol–water partition coefficient (Wildman–Crippen LogP) is -1.26. The van der Waals surface area contributed by atoms with Crippen molar-refractivity contribution in [3.05, 3.63) is 35.4 Å². The lowest BCUT2D eigenvalue weighted by atomic mass is 9.99. The quantitative estimate of drug-likeness (QED) is 0.178. The fourth-order valence-corrected chi connectivity index (χ4v) is 3.01. The smallest absolute Gasteiger partial charge is 0.340 e. The number of esters is 2. The first kappa shape index (κ1) is 24.7. The van der Waals surface area contributed by atoms with E-state index in [1.165, 1.54) is 0 Å². The van der Waals surface area contributed by atoms with Gasteiger partial charge in [-0.15, -0.1) is 0 Å². The normalized spacial score (nSPS) is 24.4. The molecule has 0 amide bonds. The van der Waals surface area contributed by atoms with Crippen LogP contribution in [0.15, 0.2) is 24.3 Å². The zero-order valence-electron chi connectivity index (χ0n) is 17.0. The first-order valence-electron chi connectivity index (χ1n) is 9.48. The minimum absolute atomic E-state index is 0.381. The zero-order valence-corrected chi connectivity index (χ0v) is 17.0. The number of ether oxygens (including phenoxy) is 3. The van der Waals surface area contributed by atoms with Crippen molar-refractivity contribution >= 4 is 11.9 Å². The lowest BCUT2D eigenvalue weighted by Crippen LogP contribution is -2.59. The Labute approximate surface area is 189 Å². The first-order chi connectivity index (χ1) is 15.9. The van der Waals surface area contributed by atoms with E-state index in [1.807, 2.05) is 0 Å². The topological polar surface area (TPSA) is 244 Å². The van der Waals surface area contributed by atoms with E-state index in [1.54, 1.807) is 0 Å². The molecule has 14 nitrogen and oxygen atoms in total. The Balaban J connectivity index is 1.70. The van der Waals surface area contributed by atoms with Crippen molar-refractivity contribution in [3.63, 3.8) is 0 Å². The number of rotatable bonds is 5. The van der Waals surface area contributed by atoms with Gasteiger partial charge in [0.15, 0.2) is 34.5 Å². The summed E-state index contributed by atoms with van der Waals surface area (Å²) in [5.74, 6) is -7.45. The van der Waals surface area contributed by atoms with E-state index < -0.39 is 89.3 Å². The summed E-state index contributed by atoms with van der Waals surface area (Å²) >= 11 is 0. The first-order valence-corrected chi connectivity index (χ1v) is 9.48. The molecule has 3 rings (SSSR count). The number of aromatic hydroxyl groups is 6. The van der Waals surface area contributed by atoms with Crippen LogP contribution in [0.1, 0.15) is 20.7 Å². The average Bonchev–Trinajstić information content (AvgIpc) is 2.79. The van der Waals surface area contributed by atoms with Crippen LogP contribution in [0, 0.1) is 0 Å². The van der Waals surface area contributed by atoms with E-state index >= 15 is 0 Å². The molecule has 0 aliphatic carbocycles. The molecule has 34 heavy (non-hydrogen) atoms. The number of aliphatic hydroxyl groups excluding tert-OH is 3. The van der Waals surface area contributed by atoms with Gasteiger partial charge < -0.3 is 60.2 Å². The SMILES string of the molecule is O=C(OC[C@@H]1O[C@@H](OC(=O)c2cc(O)c(O)c(O)c2)[C@@H](O)[C@H](O)[C@H]1O)c1cc(O)c(O)c(O)c1. The molecule has 1 fully saturated rings. The summed E-state index contributed by atoms with van der Waals surface area (Å²) in [5, 5.41) is 86.9. The Hall–Kier alpha value is -3.98. The second-order valence-corrected chi connectivity index (χ2v) is 7.24. The molecule has 2 aromatic carbocycles. The third kappa shape index (κ3) is 4.84. The van der Waals surface area contributed by atoms with E-state index in [0.717, 1.165) is 24.3 Å². The van der Waals surface area contributed by atoms with Gasteiger partial charge in [-0.25, -0.2) is 9.59 Å². The number of carbonyl (C=O) groups is 2. The zero-order chi connectivity index (χ0) is 25.3. The second kappa shape index (κ2) is 9.48. The molecule has 0 spiro atoms. The van der Waals surface area contributed by atoms with E-state index in [-0.39, 0.29) is 5.56 Å². The number of phenols is 6. The number of phenolic OH excluding ortho intramolecular Hbond substituents is 6. The lowest BCUT2D eigenvalue weighted by molar-refractivity contribution is -0.285. The molecule has 1 saturated heterocycles. The highest BCUT2D eigenvalue weighted by atomic mass is 16.7. The van der Waals surface area contributed by atoms with E-state index in [2.05, 4.69) is 0 Å². The maximum Gasteiger partial charge on any atom is 0.340 e. The van der Waals surface area contributed by atoms with Crippen molar-refractivity contribution in [2.45, 2.75) is 30.7 Å². The molecule has 0 saturated carbocycles. The summed E-state index contributed by atoms with van der Waals surface area (Å²) in [4.78, 5) is 24.5. The third-order valence-corrected chi connectivity index (χ3v) is 4.88. The number of aliphatic hydroxyl groups is 3. The molecule has 0 aromatic heterocycles. The number of hydrogen-bond donors (Lipinski definition) is 9. The largest absolute Gasteiger partial charge is 0.504 e. The summed E-state index contributed by atoms with van der Waals surface area (Å²) < 4.78 is 15.0. The number of benzene rings is 2. The van der Waals surface area contributed by atoms with Crippen molar-refractivity contribution in [3.8, 4) is 34.5 Å². The van der Waals surface area contributed by atoms with Crippen molar-refractivity contribution < 1.29 is 69.8 Å². The summed E-state index contributed by atoms with van der Waals surface area (Å²) in [6.45, 7) is -0.749. The fraction of sp³-hybridized carbons (Fsp3) is 0.300. The average molecular weight is 484 g/mol. The Bertz CT molecular complexity index is 1050. The molecular formula is C20H20O14. The molecule has 1 heterocycles. The Morgan fingerprint density at radius 2 is 1.15 bits per heavy atom. The van der Waals surface area contributed by atoms with Crippen LogP contribution in [0.5, 0.6) is 34.5 Å². The summed E-state index contributed by atoms with van der Waals surface area (Å²) in [6, 6.07) is 3.08. The molecule has 5 atom stereocenters. The molecule has 9 N–H and O–H groups in total. The second-order valence-electron chi connectivity index (χ2n) is 7.24. The van der Waals surface area contributed by atoms with Crippen LogP contribution in [0.4, 0.5) is 0 Å². The third-order valence-electron chi connectivity index (χ3n) is 4.88. The van der Waals surface area contributed by atoms with Gasteiger partial charge in [0.2, 0.25) is 6.29 Å². The van der Waals surface area contributed by atoms with Crippen LogP contribution in [0.25, 0.3) is 0 Å². The molecule has 14 heteroatoms. The standard InChI is InChI=1S/C20H20O14/c21-8-1-6(2-9(22)13(8)25)18(30)32-5-12-15(27)16(28)17(29)20(33-12)34-19(31)7-3-10(23)14(26)11(24)4-7/h1-4,12,15-17,20-29H,5H2/t12-,15-,16+,17-,20-/m0/s1. The maximum atomic E-state index is 12.3. The predicted molar refractivity (Wildman–Crippen MR) is 105 cm³/mol. The molecule has 0 unspecified atom stereocenters. The highest BCUT2D eigenvalue weighted by molar-refractivity contribution is 5.91. The number of hydrogen-bond acceptors (Lipinski definition) is 14. The Morgan fingerprint density at radius 1 is 0.706 bits per heavy atom. The summed E-state index contributed by atoms with van der Waals surface area (Å²) in [6.07, 6.45) is -9.09. The molecule has 1 aliphatic rings. The van der Waals surface area contributed by atoms with Gasteiger partial charge in [-0.05, 0) is 24.3 Å². The fourth-order valence-electron chi connectivity index (χ4n) is 3.01. The van der Waals surface area contributed by atoms with Gasteiger partial charge in [-0.3, -0.25) is 0 Å². The van der Waals surface area contributed by atoms with Crippen LogP contribution < -0.4 is 0 Å². The van der Waals surface area contributed by atoms with Crippen molar-refractivity contribution in [1.82, 2.24) is 0 Å². The molecule has 0 radical (unpaired) electrons. The highest BCUT2D eigenvalue weighted by Crippen LogP contribution is 2.37. The minimum Gasteiger partial charge on any atom is -0.504 e. The summed E-state index contributed by atoms with van der Waals surface area (Å²) in [7, 11) is 0. The number of carbonyl (C=O) groups excluding carboxylic acids is 2. The van der Waals surface area contributed by atoms with Crippen LogP contribution >= 0.6 is 0 Å². The van der Waals surface area contributed by atoms with Gasteiger partial charge in [0.05, 0.1) is 11.1 Å². The molecule has 184 valence electrons. The van der Waals surface area contributed by atoms with Crippen LogP contribution in [0.2, 0.25) is 0 Å². The van der Waals surface area contributed by atoms with Crippen molar-refractivity contribution in [2.75, 3.05) is 6.61 Å². The lowest BCUT2D eigenvalue weighted by Gasteiger charge is -2.39. The maximum absolute atomic E-state index is 12.3. The molecule has 0 bridgehead atoms. The van der Waals surface area contributed by atoms with Crippen LogP contribution in [0.3, 0.4) is 0 Å². The van der Waals surface area contributed by atoms with Gasteiger partial charge >= 0.3 is 11.9 Å². The van der Waals surface area contributed by atoms with Crippen molar-refractivity contribution in [2.24, 2.45) is 0 Å². The summed E-state index contributed by atoms with van der Waals surface area (Å²) in [5.41, 5.74) is -0.840.